The number of likely N-dealkylation sites (tertiary alicyclic amines) is 1. The molecule has 1 saturated heterocycles. The molecule has 3 heterocycles. The first kappa shape index (κ1) is 12.7. The topological polar surface area (TPSA) is 68.5 Å². The third-order valence-electron chi connectivity index (χ3n) is 3.23. The van der Waals surface area contributed by atoms with Gasteiger partial charge in [-0.05, 0) is 31.0 Å². The number of amides is 1. The molecule has 1 aliphatic rings. The van der Waals surface area contributed by atoms with E-state index in [2.05, 4.69) is 10.2 Å². The van der Waals surface area contributed by atoms with E-state index in [-0.39, 0.29) is 12.0 Å². The first-order valence-corrected chi connectivity index (χ1v) is 6.60. The second kappa shape index (κ2) is 5.73. The minimum atomic E-state index is -0.0950. The van der Waals surface area contributed by atoms with Crippen LogP contribution in [0.5, 0.6) is 5.88 Å². The molecule has 0 aliphatic carbocycles. The van der Waals surface area contributed by atoms with Gasteiger partial charge < -0.3 is 14.1 Å². The Balaban J connectivity index is 1.63. The first-order chi connectivity index (χ1) is 9.83. The number of furan rings is 1. The largest absolute Gasteiger partial charge is 0.471 e. The maximum Gasteiger partial charge on any atom is 0.289 e. The molecule has 1 aliphatic heterocycles. The fourth-order valence-electron chi connectivity index (χ4n) is 2.30. The van der Waals surface area contributed by atoms with E-state index in [1.807, 2.05) is 0 Å². The standard InChI is InChI=1S/C14H15N3O3/c18-14(12-5-3-9-19-12)17-8-2-4-11(10-17)20-13-6-1-7-15-16-13/h1,3,5-7,9,11H,2,4,8,10H2/t11-/m0/s1. The number of nitrogens with zero attached hydrogens (tertiary/aromatic N) is 3. The summed E-state index contributed by atoms with van der Waals surface area (Å²) < 4.78 is 10.9. The lowest BCUT2D eigenvalue weighted by Crippen LogP contribution is -2.44. The molecule has 0 saturated carbocycles. The highest BCUT2D eigenvalue weighted by Gasteiger charge is 2.27. The van der Waals surface area contributed by atoms with Crippen LogP contribution in [0.1, 0.15) is 23.4 Å². The highest BCUT2D eigenvalue weighted by molar-refractivity contribution is 5.91. The summed E-state index contributed by atoms with van der Waals surface area (Å²) in [6.07, 6.45) is 4.85. The Morgan fingerprint density at radius 2 is 2.35 bits per heavy atom. The maximum absolute atomic E-state index is 12.2. The van der Waals surface area contributed by atoms with Crippen LogP contribution in [0.25, 0.3) is 0 Å². The van der Waals surface area contributed by atoms with Crippen molar-refractivity contribution in [2.45, 2.75) is 18.9 Å². The Kier molecular flexibility index (Phi) is 3.62. The van der Waals surface area contributed by atoms with Crippen LogP contribution in [0.2, 0.25) is 0 Å². The van der Waals surface area contributed by atoms with Crippen molar-refractivity contribution in [3.8, 4) is 5.88 Å². The van der Waals surface area contributed by atoms with Crippen LogP contribution < -0.4 is 4.74 Å². The molecule has 1 amide bonds. The van der Waals surface area contributed by atoms with E-state index >= 15 is 0 Å². The molecule has 3 rings (SSSR count). The van der Waals surface area contributed by atoms with Crippen molar-refractivity contribution in [1.82, 2.24) is 15.1 Å². The van der Waals surface area contributed by atoms with E-state index < -0.39 is 0 Å². The molecule has 0 N–H and O–H groups in total. The number of hydrogen-bond donors (Lipinski definition) is 0. The lowest BCUT2D eigenvalue weighted by atomic mass is 10.1. The number of carbonyl (C=O) groups is 1. The van der Waals surface area contributed by atoms with Gasteiger partial charge in [0, 0.05) is 18.8 Å². The number of piperidine rings is 1. The molecule has 0 radical (unpaired) electrons. The van der Waals surface area contributed by atoms with Crippen LogP contribution in [0.3, 0.4) is 0 Å². The highest BCUT2D eigenvalue weighted by atomic mass is 16.5. The normalized spacial score (nSPS) is 18.8. The van der Waals surface area contributed by atoms with Gasteiger partial charge in [-0.3, -0.25) is 4.79 Å². The van der Waals surface area contributed by atoms with E-state index in [1.54, 1.807) is 35.4 Å². The zero-order chi connectivity index (χ0) is 13.8. The van der Waals surface area contributed by atoms with Crippen LogP contribution in [0, 0.1) is 0 Å². The van der Waals surface area contributed by atoms with Gasteiger partial charge in [0.1, 0.15) is 6.10 Å². The number of ether oxygens (including phenoxy) is 1. The molecular formula is C14H15N3O3. The molecule has 0 aromatic carbocycles. The Hall–Kier alpha value is -2.37. The van der Waals surface area contributed by atoms with Gasteiger partial charge in [0.15, 0.2) is 5.76 Å². The second-order valence-electron chi connectivity index (χ2n) is 4.67. The fraction of sp³-hybridized carbons (Fsp3) is 0.357. The molecule has 0 bridgehead atoms. The number of aromatic nitrogens is 2. The van der Waals surface area contributed by atoms with Crippen molar-refractivity contribution in [3.63, 3.8) is 0 Å². The summed E-state index contributed by atoms with van der Waals surface area (Å²) in [6.45, 7) is 1.26. The van der Waals surface area contributed by atoms with Crippen molar-refractivity contribution in [2.75, 3.05) is 13.1 Å². The molecule has 6 nitrogen and oxygen atoms in total. The van der Waals surface area contributed by atoms with Crippen LogP contribution in [-0.4, -0.2) is 40.2 Å². The summed E-state index contributed by atoms with van der Waals surface area (Å²) in [7, 11) is 0. The molecule has 6 heteroatoms. The highest BCUT2D eigenvalue weighted by Crippen LogP contribution is 2.18. The monoisotopic (exact) mass is 273 g/mol. The second-order valence-corrected chi connectivity index (χ2v) is 4.67. The summed E-state index contributed by atoms with van der Waals surface area (Å²) in [5.41, 5.74) is 0. The van der Waals surface area contributed by atoms with E-state index in [4.69, 9.17) is 9.15 Å². The zero-order valence-electron chi connectivity index (χ0n) is 10.9. The number of rotatable bonds is 3. The molecule has 104 valence electrons. The Labute approximate surface area is 116 Å². The van der Waals surface area contributed by atoms with E-state index in [0.29, 0.717) is 18.2 Å². The smallest absolute Gasteiger partial charge is 0.289 e. The van der Waals surface area contributed by atoms with Crippen molar-refractivity contribution in [1.29, 1.82) is 0 Å². The predicted octanol–water partition coefficient (Wildman–Crippen LogP) is 1.75. The molecular weight excluding hydrogens is 258 g/mol. The minimum absolute atomic E-state index is 0.0561. The molecule has 0 unspecified atom stereocenters. The molecule has 1 atom stereocenters. The number of carbonyl (C=O) groups excluding carboxylic acids is 1. The Morgan fingerprint density at radius 1 is 1.40 bits per heavy atom. The van der Waals surface area contributed by atoms with Gasteiger partial charge >= 0.3 is 0 Å². The summed E-state index contributed by atoms with van der Waals surface area (Å²) in [6, 6.07) is 6.93. The third-order valence-corrected chi connectivity index (χ3v) is 3.23. The van der Waals surface area contributed by atoms with Gasteiger partial charge in [-0.1, -0.05) is 0 Å². The lowest BCUT2D eigenvalue weighted by molar-refractivity contribution is 0.0498. The first-order valence-electron chi connectivity index (χ1n) is 6.60. The van der Waals surface area contributed by atoms with Gasteiger partial charge in [0.05, 0.1) is 12.8 Å². The summed E-state index contributed by atoms with van der Waals surface area (Å²) in [4.78, 5) is 14.0. The minimum Gasteiger partial charge on any atom is -0.471 e. The van der Waals surface area contributed by atoms with Gasteiger partial charge in [-0.15, -0.1) is 5.10 Å². The van der Waals surface area contributed by atoms with Gasteiger partial charge in [-0.2, -0.15) is 5.10 Å². The van der Waals surface area contributed by atoms with Crippen LogP contribution >= 0.6 is 0 Å². The average Bonchev–Trinajstić information content (AvgIpc) is 3.02. The molecule has 2 aromatic rings. The van der Waals surface area contributed by atoms with Crippen molar-refractivity contribution in [2.24, 2.45) is 0 Å². The van der Waals surface area contributed by atoms with Gasteiger partial charge in [-0.25, -0.2) is 0 Å². The molecule has 2 aromatic heterocycles. The average molecular weight is 273 g/mol. The number of hydrogen-bond acceptors (Lipinski definition) is 5. The van der Waals surface area contributed by atoms with Crippen molar-refractivity contribution >= 4 is 5.91 Å². The quantitative estimate of drug-likeness (QED) is 0.852. The van der Waals surface area contributed by atoms with Gasteiger partial charge in [0.2, 0.25) is 5.88 Å². The summed E-state index contributed by atoms with van der Waals surface area (Å²) in [5, 5.41) is 7.67. The lowest BCUT2D eigenvalue weighted by Gasteiger charge is -2.31. The zero-order valence-corrected chi connectivity index (χ0v) is 10.9. The van der Waals surface area contributed by atoms with E-state index in [0.717, 1.165) is 19.4 Å². The Bertz CT molecular complexity index is 556. The Morgan fingerprint density at radius 3 is 3.10 bits per heavy atom. The van der Waals surface area contributed by atoms with Gasteiger partial charge in [0.25, 0.3) is 5.91 Å². The molecule has 1 fully saturated rings. The third kappa shape index (κ3) is 2.79. The van der Waals surface area contributed by atoms with Crippen molar-refractivity contribution in [3.05, 3.63) is 42.5 Å². The molecule has 0 spiro atoms. The van der Waals surface area contributed by atoms with E-state index in [9.17, 15) is 4.79 Å². The predicted molar refractivity (Wildman–Crippen MR) is 70.3 cm³/mol. The fourth-order valence-corrected chi connectivity index (χ4v) is 2.30. The van der Waals surface area contributed by atoms with Crippen molar-refractivity contribution < 1.29 is 13.9 Å². The van der Waals surface area contributed by atoms with E-state index in [1.165, 1.54) is 6.26 Å². The van der Waals surface area contributed by atoms with Crippen LogP contribution in [-0.2, 0) is 0 Å². The maximum atomic E-state index is 12.2. The molecule has 20 heavy (non-hydrogen) atoms. The SMILES string of the molecule is O=C(c1ccco1)N1CCC[C@H](Oc2cccnn2)C1. The summed E-state index contributed by atoms with van der Waals surface area (Å²) >= 11 is 0. The van der Waals surface area contributed by atoms with Crippen LogP contribution in [0.4, 0.5) is 0 Å². The van der Waals surface area contributed by atoms with Crippen LogP contribution in [0.15, 0.2) is 41.1 Å². The summed E-state index contributed by atoms with van der Waals surface area (Å²) in [5.74, 6) is 0.761.